The fourth-order valence-electron chi connectivity index (χ4n) is 1.51. The van der Waals surface area contributed by atoms with Gasteiger partial charge in [-0.3, -0.25) is 0 Å². The van der Waals surface area contributed by atoms with E-state index in [4.69, 9.17) is 5.73 Å². The molecule has 0 aliphatic heterocycles. The SMILES string of the molecule is CN(C)CCCCNc1cc(F)cc(F)c1N. The van der Waals surface area contributed by atoms with Gasteiger partial charge in [-0.15, -0.1) is 0 Å². The van der Waals surface area contributed by atoms with Crippen molar-refractivity contribution in [2.75, 3.05) is 38.2 Å². The summed E-state index contributed by atoms with van der Waals surface area (Å²) < 4.78 is 26.1. The molecule has 0 heterocycles. The molecule has 0 saturated carbocycles. The first-order valence-electron chi connectivity index (χ1n) is 5.64. The van der Waals surface area contributed by atoms with Crippen molar-refractivity contribution in [2.45, 2.75) is 12.8 Å². The summed E-state index contributed by atoms with van der Waals surface area (Å²) in [6.07, 6.45) is 1.95. The number of benzene rings is 1. The fraction of sp³-hybridized carbons (Fsp3) is 0.500. The zero-order valence-electron chi connectivity index (χ0n) is 10.3. The molecule has 96 valence electrons. The standard InChI is InChI=1S/C12H19F2N3/c1-17(2)6-4-3-5-16-11-8-9(13)7-10(14)12(11)15/h7-8,16H,3-6,15H2,1-2H3. The van der Waals surface area contributed by atoms with Crippen molar-refractivity contribution >= 4 is 11.4 Å². The topological polar surface area (TPSA) is 41.3 Å². The summed E-state index contributed by atoms with van der Waals surface area (Å²) in [6, 6.07) is 2.00. The Morgan fingerprint density at radius 2 is 1.94 bits per heavy atom. The summed E-state index contributed by atoms with van der Waals surface area (Å²) in [4.78, 5) is 2.09. The molecule has 0 radical (unpaired) electrons. The Labute approximate surface area is 101 Å². The zero-order chi connectivity index (χ0) is 12.8. The molecule has 3 nitrogen and oxygen atoms in total. The van der Waals surface area contributed by atoms with Crippen LogP contribution in [0.2, 0.25) is 0 Å². The minimum Gasteiger partial charge on any atom is -0.395 e. The summed E-state index contributed by atoms with van der Waals surface area (Å²) in [5.41, 5.74) is 5.80. The fourth-order valence-corrected chi connectivity index (χ4v) is 1.51. The van der Waals surface area contributed by atoms with E-state index in [-0.39, 0.29) is 5.69 Å². The van der Waals surface area contributed by atoms with E-state index in [1.54, 1.807) is 0 Å². The van der Waals surface area contributed by atoms with E-state index in [9.17, 15) is 8.78 Å². The van der Waals surface area contributed by atoms with Gasteiger partial charge < -0.3 is 16.0 Å². The van der Waals surface area contributed by atoms with E-state index >= 15 is 0 Å². The number of nitrogens with two attached hydrogens (primary N) is 1. The number of anilines is 2. The van der Waals surface area contributed by atoms with Gasteiger partial charge in [0.05, 0.1) is 11.4 Å². The Hall–Kier alpha value is -1.36. The molecule has 1 rings (SSSR count). The van der Waals surface area contributed by atoms with Crippen molar-refractivity contribution < 1.29 is 8.78 Å². The molecule has 0 saturated heterocycles. The molecule has 1 aromatic rings. The highest BCUT2D eigenvalue weighted by Crippen LogP contribution is 2.23. The van der Waals surface area contributed by atoms with Crippen LogP contribution in [-0.4, -0.2) is 32.1 Å². The molecule has 3 N–H and O–H groups in total. The molecule has 0 aliphatic carbocycles. The number of nitrogens with one attached hydrogen (secondary N) is 1. The Kier molecular flexibility index (Phi) is 5.15. The third kappa shape index (κ3) is 4.56. The lowest BCUT2D eigenvalue weighted by atomic mass is 10.2. The second kappa shape index (κ2) is 6.39. The van der Waals surface area contributed by atoms with Gasteiger partial charge in [0, 0.05) is 12.6 Å². The largest absolute Gasteiger partial charge is 0.395 e. The van der Waals surface area contributed by atoms with E-state index in [2.05, 4.69) is 10.2 Å². The van der Waals surface area contributed by atoms with Crippen LogP contribution in [0.25, 0.3) is 0 Å². The van der Waals surface area contributed by atoms with Crippen LogP contribution in [0.5, 0.6) is 0 Å². The van der Waals surface area contributed by atoms with Crippen molar-refractivity contribution in [3.63, 3.8) is 0 Å². The molecule has 0 fully saturated rings. The third-order valence-corrected chi connectivity index (χ3v) is 2.44. The highest BCUT2D eigenvalue weighted by atomic mass is 19.1. The molecule has 0 amide bonds. The van der Waals surface area contributed by atoms with E-state index in [0.717, 1.165) is 25.5 Å². The van der Waals surface area contributed by atoms with Gasteiger partial charge in [-0.25, -0.2) is 8.78 Å². The molecule has 0 spiro atoms. The number of rotatable bonds is 6. The van der Waals surface area contributed by atoms with E-state index < -0.39 is 11.6 Å². The first-order valence-corrected chi connectivity index (χ1v) is 5.64. The summed E-state index contributed by atoms with van der Waals surface area (Å²) in [7, 11) is 4.01. The van der Waals surface area contributed by atoms with Crippen LogP contribution < -0.4 is 11.1 Å². The maximum absolute atomic E-state index is 13.1. The molecule has 0 unspecified atom stereocenters. The molecule has 0 bridgehead atoms. The summed E-state index contributed by atoms with van der Waals surface area (Å²) in [5.74, 6) is -1.34. The number of hydrogen-bond donors (Lipinski definition) is 2. The third-order valence-electron chi connectivity index (χ3n) is 2.44. The van der Waals surface area contributed by atoms with Crippen molar-refractivity contribution in [2.24, 2.45) is 0 Å². The van der Waals surface area contributed by atoms with Gasteiger partial charge in [-0.05, 0) is 39.5 Å². The van der Waals surface area contributed by atoms with E-state index in [0.29, 0.717) is 12.2 Å². The Morgan fingerprint density at radius 3 is 2.59 bits per heavy atom. The maximum atomic E-state index is 13.1. The maximum Gasteiger partial charge on any atom is 0.151 e. The lowest BCUT2D eigenvalue weighted by molar-refractivity contribution is 0.396. The number of nitrogen functional groups attached to an aromatic ring is 1. The predicted molar refractivity (Wildman–Crippen MR) is 67.0 cm³/mol. The average Bonchev–Trinajstić information content (AvgIpc) is 2.23. The second-order valence-electron chi connectivity index (χ2n) is 4.29. The van der Waals surface area contributed by atoms with Crippen LogP contribution in [0.4, 0.5) is 20.2 Å². The van der Waals surface area contributed by atoms with Gasteiger partial charge in [-0.1, -0.05) is 0 Å². The first kappa shape index (κ1) is 13.7. The van der Waals surface area contributed by atoms with Gasteiger partial charge in [0.25, 0.3) is 0 Å². The van der Waals surface area contributed by atoms with Crippen molar-refractivity contribution in [1.82, 2.24) is 4.90 Å². The van der Waals surface area contributed by atoms with Gasteiger partial charge in [0.15, 0.2) is 5.82 Å². The van der Waals surface area contributed by atoms with Gasteiger partial charge in [0.1, 0.15) is 5.82 Å². The number of unbranched alkanes of at least 4 members (excludes halogenated alkanes) is 1. The second-order valence-corrected chi connectivity index (χ2v) is 4.29. The normalized spacial score (nSPS) is 10.9. The molecule has 1 aromatic carbocycles. The van der Waals surface area contributed by atoms with Gasteiger partial charge in [-0.2, -0.15) is 0 Å². The molecular weight excluding hydrogens is 224 g/mol. The van der Waals surface area contributed by atoms with Crippen LogP contribution >= 0.6 is 0 Å². The Balaban J connectivity index is 2.41. The molecule has 17 heavy (non-hydrogen) atoms. The van der Waals surface area contributed by atoms with Crippen LogP contribution in [0.3, 0.4) is 0 Å². The lowest BCUT2D eigenvalue weighted by Gasteiger charge is -2.11. The van der Waals surface area contributed by atoms with Gasteiger partial charge >= 0.3 is 0 Å². The number of halogens is 2. The quantitative estimate of drug-likeness (QED) is 0.595. The number of hydrogen-bond acceptors (Lipinski definition) is 3. The smallest absolute Gasteiger partial charge is 0.151 e. The molecule has 0 aromatic heterocycles. The van der Waals surface area contributed by atoms with Crippen molar-refractivity contribution in [3.05, 3.63) is 23.8 Å². The van der Waals surface area contributed by atoms with Crippen LogP contribution in [-0.2, 0) is 0 Å². The van der Waals surface area contributed by atoms with E-state index in [1.807, 2.05) is 14.1 Å². The van der Waals surface area contributed by atoms with E-state index in [1.165, 1.54) is 6.07 Å². The highest BCUT2D eigenvalue weighted by molar-refractivity contribution is 5.66. The first-order chi connectivity index (χ1) is 8.00. The summed E-state index contributed by atoms with van der Waals surface area (Å²) >= 11 is 0. The predicted octanol–water partition coefficient (Wildman–Crippen LogP) is 2.30. The molecule has 5 heteroatoms. The number of nitrogens with zero attached hydrogens (tertiary/aromatic N) is 1. The Morgan fingerprint density at radius 1 is 1.24 bits per heavy atom. The lowest BCUT2D eigenvalue weighted by Crippen LogP contribution is -2.14. The average molecular weight is 243 g/mol. The monoisotopic (exact) mass is 243 g/mol. The van der Waals surface area contributed by atoms with Crippen LogP contribution in [0, 0.1) is 11.6 Å². The van der Waals surface area contributed by atoms with Gasteiger partial charge in [0.2, 0.25) is 0 Å². The van der Waals surface area contributed by atoms with Crippen LogP contribution in [0.1, 0.15) is 12.8 Å². The zero-order valence-corrected chi connectivity index (χ0v) is 10.3. The van der Waals surface area contributed by atoms with Crippen LogP contribution in [0.15, 0.2) is 12.1 Å². The summed E-state index contributed by atoms with van der Waals surface area (Å²) in [6.45, 7) is 1.65. The molecule has 0 atom stereocenters. The minimum absolute atomic E-state index is 0.0287. The highest BCUT2D eigenvalue weighted by Gasteiger charge is 2.07. The van der Waals surface area contributed by atoms with Crippen molar-refractivity contribution in [3.8, 4) is 0 Å². The molecule has 0 aliphatic rings. The Bertz CT molecular complexity index is 367. The minimum atomic E-state index is -0.721. The molecular formula is C12H19F2N3. The van der Waals surface area contributed by atoms with Crippen molar-refractivity contribution in [1.29, 1.82) is 0 Å². The summed E-state index contributed by atoms with van der Waals surface area (Å²) in [5, 5.41) is 2.94.